The van der Waals surface area contributed by atoms with Crippen molar-refractivity contribution in [3.8, 4) is 5.75 Å². The average Bonchev–Trinajstić information content (AvgIpc) is 3.05. The maximum absolute atomic E-state index is 12.4. The summed E-state index contributed by atoms with van der Waals surface area (Å²) < 4.78 is 6.16. The molecule has 0 saturated heterocycles. The number of carboxylic acids is 1. The summed E-state index contributed by atoms with van der Waals surface area (Å²) in [6.45, 7) is 1.95. The van der Waals surface area contributed by atoms with E-state index in [1.54, 1.807) is 0 Å². The minimum absolute atomic E-state index is 0.0124. The third kappa shape index (κ3) is 1.42. The monoisotopic (exact) mass is 272 g/mol. The summed E-state index contributed by atoms with van der Waals surface area (Å²) in [5, 5.41) is 9.23. The number of carbonyl (C=O) groups is 2. The van der Waals surface area contributed by atoms with Gasteiger partial charge in [0.05, 0.1) is 17.9 Å². The molecule has 0 aromatic heterocycles. The molecular weight excluding hydrogens is 256 g/mol. The first-order chi connectivity index (χ1) is 9.52. The molecule has 2 fully saturated rings. The fraction of sp³-hybridized carbons (Fsp3) is 0.500. The zero-order chi connectivity index (χ0) is 14.1. The maximum atomic E-state index is 12.4. The van der Waals surface area contributed by atoms with E-state index in [0.29, 0.717) is 17.7 Å². The number of aryl methyl sites for hydroxylation is 1. The van der Waals surface area contributed by atoms with Gasteiger partial charge in [0.2, 0.25) is 0 Å². The number of hydrogen-bond donors (Lipinski definition) is 1. The van der Waals surface area contributed by atoms with E-state index in [9.17, 15) is 14.7 Å². The summed E-state index contributed by atoms with van der Waals surface area (Å²) >= 11 is 0. The molecule has 4 rings (SSSR count). The van der Waals surface area contributed by atoms with Gasteiger partial charge in [-0.1, -0.05) is 11.6 Å². The van der Waals surface area contributed by atoms with Crippen LogP contribution in [0.5, 0.6) is 5.75 Å². The van der Waals surface area contributed by atoms with E-state index in [1.807, 2.05) is 25.1 Å². The number of benzene rings is 1. The predicted molar refractivity (Wildman–Crippen MR) is 70.8 cm³/mol. The lowest BCUT2D eigenvalue weighted by molar-refractivity contribution is -0.140. The van der Waals surface area contributed by atoms with E-state index < -0.39 is 11.6 Å². The summed E-state index contributed by atoms with van der Waals surface area (Å²) in [5.41, 5.74) is 1.12. The Morgan fingerprint density at radius 3 is 2.95 bits per heavy atom. The molecule has 4 atom stereocenters. The summed E-state index contributed by atoms with van der Waals surface area (Å²) in [4.78, 5) is 23.6. The molecule has 1 aliphatic heterocycles. The van der Waals surface area contributed by atoms with Crippen molar-refractivity contribution in [3.63, 3.8) is 0 Å². The summed E-state index contributed by atoms with van der Waals surface area (Å²) in [6, 6.07) is 5.63. The molecule has 0 amide bonds. The van der Waals surface area contributed by atoms with E-state index in [1.165, 1.54) is 0 Å². The minimum Gasteiger partial charge on any atom is -0.486 e. The summed E-state index contributed by atoms with van der Waals surface area (Å²) in [6.07, 6.45) is 1.98. The van der Waals surface area contributed by atoms with Crippen molar-refractivity contribution in [3.05, 3.63) is 29.3 Å². The Bertz CT molecular complexity index is 635. The van der Waals surface area contributed by atoms with Crippen LogP contribution >= 0.6 is 0 Å². The normalized spacial score (nSPS) is 37.2. The minimum atomic E-state index is -0.746. The molecule has 1 spiro atoms. The van der Waals surface area contributed by atoms with Gasteiger partial charge in [0.25, 0.3) is 0 Å². The van der Waals surface area contributed by atoms with Crippen LogP contribution in [0, 0.1) is 24.7 Å². The van der Waals surface area contributed by atoms with Crippen LogP contribution in [0.1, 0.15) is 35.2 Å². The highest BCUT2D eigenvalue weighted by Crippen LogP contribution is 2.65. The zero-order valence-corrected chi connectivity index (χ0v) is 11.3. The summed E-state index contributed by atoms with van der Waals surface area (Å²) in [5.74, 6) is -0.130. The number of Topliss-reactive ketones (excluding diaryl/α,β-unsaturated/α-hetero) is 1. The van der Waals surface area contributed by atoms with Gasteiger partial charge in [0.1, 0.15) is 11.4 Å². The van der Waals surface area contributed by atoms with Crippen LogP contribution < -0.4 is 4.74 Å². The van der Waals surface area contributed by atoms with Crippen molar-refractivity contribution in [2.24, 2.45) is 17.8 Å². The first kappa shape index (κ1) is 11.9. The largest absolute Gasteiger partial charge is 0.486 e. The van der Waals surface area contributed by atoms with Crippen molar-refractivity contribution in [1.29, 1.82) is 0 Å². The van der Waals surface area contributed by atoms with Crippen LogP contribution in [0.3, 0.4) is 0 Å². The van der Waals surface area contributed by atoms with E-state index in [-0.39, 0.29) is 23.5 Å². The topological polar surface area (TPSA) is 63.6 Å². The second-order valence-electron chi connectivity index (χ2n) is 6.36. The fourth-order valence-corrected chi connectivity index (χ4v) is 4.26. The Labute approximate surface area is 116 Å². The van der Waals surface area contributed by atoms with Crippen molar-refractivity contribution >= 4 is 11.8 Å². The van der Waals surface area contributed by atoms with E-state index in [4.69, 9.17) is 4.74 Å². The van der Waals surface area contributed by atoms with Gasteiger partial charge < -0.3 is 9.84 Å². The molecule has 0 radical (unpaired) electrons. The number of carboxylic acid groups (broad SMARTS) is 1. The Kier molecular flexibility index (Phi) is 2.16. The van der Waals surface area contributed by atoms with Gasteiger partial charge >= 0.3 is 5.97 Å². The van der Waals surface area contributed by atoms with Crippen molar-refractivity contribution in [2.75, 3.05) is 0 Å². The highest BCUT2D eigenvalue weighted by molar-refractivity contribution is 6.00. The van der Waals surface area contributed by atoms with E-state index in [0.717, 1.165) is 18.4 Å². The molecule has 1 heterocycles. The van der Waals surface area contributed by atoms with Crippen molar-refractivity contribution < 1.29 is 19.4 Å². The van der Waals surface area contributed by atoms with Crippen LogP contribution in [-0.4, -0.2) is 22.5 Å². The molecule has 1 aromatic carbocycles. The lowest BCUT2D eigenvalue weighted by Crippen LogP contribution is -2.43. The first-order valence-electron chi connectivity index (χ1n) is 7.07. The highest BCUT2D eigenvalue weighted by atomic mass is 16.5. The molecule has 104 valence electrons. The standard InChI is InChI=1S/C16H16O4/c1-8-2-3-12-10(6-8)11(17)7-16(20-12)5-4-9-13(14(9)16)15(18)19/h2-3,6,9,13-14H,4-5,7H2,1H3,(H,18,19)/t9-,13-,14-,16-/m1/s1. The Balaban J connectivity index is 1.72. The number of rotatable bonds is 1. The van der Waals surface area contributed by atoms with Gasteiger partial charge in [-0.25, -0.2) is 0 Å². The lowest BCUT2D eigenvalue weighted by Gasteiger charge is -2.37. The van der Waals surface area contributed by atoms with Gasteiger partial charge in [-0.05, 0) is 37.8 Å². The Hall–Kier alpha value is -1.84. The van der Waals surface area contributed by atoms with Crippen LogP contribution in [0.2, 0.25) is 0 Å². The van der Waals surface area contributed by atoms with E-state index >= 15 is 0 Å². The fourth-order valence-electron chi connectivity index (χ4n) is 4.26. The number of carbonyl (C=O) groups excluding carboxylic acids is 1. The molecule has 3 aliphatic rings. The first-order valence-corrected chi connectivity index (χ1v) is 7.07. The van der Waals surface area contributed by atoms with Gasteiger partial charge in [0.15, 0.2) is 5.78 Å². The Morgan fingerprint density at radius 2 is 2.25 bits per heavy atom. The molecule has 2 aliphatic carbocycles. The van der Waals surface area contributed by atoms with Gasteiger partial charge in [-0.15, -0.1) is 0 Å². The number of fused-ring (bicyclic) bond motifs is 3. The maximum Gasteiger partial charge on any atom is 0.307 e. The highest BCUT2D eigenvalue weighted by Gasteiger charge is 2.70. The molecule has 20 heavy (non-hydrogen) atoms. The molecule has 4 nitrogen and oxygen atoms in total. The summed E-state index contributed by atoms with van der Waals surface area (Å²) in [7, 11) is 0. The van der Waals surface area contributed by atoms with Crippen LogP contribution in [0.25, 0.3) is 0 Å². The Morgan fingerprint density at radius 1 is 1.45 bits per heavy atom. The number of ketones is 1. The molecule has 1 N–H and O–H groups in total. The third-order valence-electron chi connectivity index (χ3n) is 5.17. The van der Waals surface area contributed by atoms with Crippen molar-refractivity contribution in [1.82, 2.24) is 0 Å². The SMILES string of the molecule is Cc1ccc2c(c1)C(=O)C[C@@]1(CC[C@@H]3[C@@H](C(=O)O)[C@@H]31)O2. The quantitative estimate of drug-likeness (QED) is 0.852. The molecule has 0 bridgehead atoms. The average molecular weight is 272 g/mol. The van der Waals surface area contributed by atoms with Gasteiger partial charge in [-0.3, -0.25) is 9.59 Å². The molecule has 0 unspecified atom stereocenters. The van der Waals surface area contributed by atoms with Crippen LogP contribution in [-0.2, 0) is 4.79 Å². The predicted octanol–water partition coefficient (Wildman–Crippen LogP) is 2.44. The molecule has 4 heteroatoms. The smallest absolute Gasteiger partial charge is 0.307 e. The third-order valence-corrected chi connectivity index (χ3v) is 5.17. The van der Waals surface area contributed by atoms with Gasteiger partial charge in [0, 0.05) is 5.92 Å². The molecule has 1 aromatic rings. The van der Waals surface area contributed by atoms with Gasteiger partial charge in [-0.2, -0.15) is 0 Å². The molecule has 2 saturated carbocycles. The molecular formula is C16H16O4. The zero-order valence-electron chi connectivity index (χ0n) is 11.3. The number of hydrogen-bond acceptors (Lipinski definition) is 3. The van der Waals surface area contributed by atoms with E-state index in [2.05, 4.69) is 0 Å². The second kappa shape index (κ2) is 3.62. The number of ether oxygens (including phenoxy) is 1. The van der Waals surface area contributed by atoms with Crippen LogP contribution in [0.15, 0.2) is 18.2 Å². The van der Waals surface area contributed by atoms with Crippen molar-refractivity contribution in [2.45, 2.75) is 31.8 Å². The second-order valence-corrected chi connectivity index (χ2v) is 6.36. The van der Waals surface area contributed by atoms with Crippen LogP contribution in [0.4, 0.5) is 0 Å². The lowest BCUT2D eigenvalue weighted by atomic mass is 9.84. The number of aliphatic carboxylic acids is 1.